The minimum atomic E-state index is -0.139. The zero-order chi connectivity index (χ0) is 9.42. The molecule has 2 bridgehead atoms. The lowest BCUT2D eigenvalue weighted by molar-refractivity contribution is 0.0140. The van der Waals surface area contributed by atoms with Gasteiger partial charge in [-0.15, -0.1) is 0 Å². The monoisotopic (exact) mass is 184 g/mol. The van der Waals surface area contributed by atoms with E-state index in [0.29, 0.717) is 24.0 Å². The van der Waals surface area contributed by atoms with E-state index >= 15 is 0 Å². The highest BCUT2D eigenvalue weighted by atomic mass is 16.5. The van der Waals surface area contributed by atoms with Crippen molar-refractivity contribution in [1.82, 2.24) is 0 Å². The molecule has 0 radical (unpaired) electrons. The third-order valence-corrected chi connectivity index (χ3v) is 3.82. The average molecular weight is 184 g/mol. The number of rotatable bonds is 3. The lowest BCUT2D eigenvalue weighted by Crippen LogP contribution is -2.33. The second-order valence-electron chi connectivity index (χ2n) is 4.65. The zero-order valence-corrected chi connectivity index (χ0v) is 8.57. The van der Waals surface area contributed by atoms with E-state index in [0.717, 1.165) is 12.8 Å². The van der Waals surface area contributed by atoms with Crippen molar-refractivity contribution in [3.63, 3.8) is 0 Å². The van der Waals surface area contributed by atoms with Gasteiger partial charge >= 0.3 is 0 Å². The van der Waals surface area contributed by atoms with Crippen LogP contribution in [0.5, 0.6) is 0 Å². The number of hydrogen-bond donors (Lipinski definition) is 1. The first-order valence-corrected chi connectivity index (χ1v) is 5.56. The molecule has 2 nitrogen and oxygen atoms in total. The van der Waals surface area contributed by atoms with E-state index < -0.39 is 0 Å². The molecule has 0 aliphatic carbocycles. The van der Waals surface area contributed by atoms with Gasteiger partial charge in [0.2, 0.25) is 0 Å². The Labute approximate surface area is 80.3 Å². The van der Waals surface area contributed by atoms with Crippen LogP contribution in [-0.2, 0) is 4.74 Å². The van der Waals surface area contributed by atoms with E-state index in [1.807, 2.05) is 0 Å². The summed E-state index contributed by atoms with van der Waals surface area (Å²) in [5.41, 5.74) is 0. The van der Waals surface area contributed by atoms with E-state index in [1.54, 1.807) is 0 Å². The van der Waals surface area contributed by atoms with Gasteiger partial charge in [0.25, 0.3) is 0 Å². The Morgan fingerprint density at radius 2 is 2.23 bits per heavy atom. The molecule has 2 aliphatic heterocycles. The summed E-state index contributed by atoms with van der Waals surface area (Å²) in [6.07, 6.45) is 5.24. The Morgan fingerprint density at radius 1 is 1.46 bits per heavy atom. The van der Waals surface area contributed by atoms with Gasteiger partial charge in [0.05, 0.1) is 18.3 Å². The highest BCUT2D eigenvalue weighted by Gasteiger charge is 2.44. The molecule has 2 heterocycles. The molecule has 5 unspecified atom stereocenters. The quantitative estimate of drug-likeness (QED) is 0.726. The molecule has 2 heteroatoms. The van der Waals surface area contributed by atoms with Crippen LogP contribution in [0.3, 0.4) is 0 Å². The van der Waals surface area contributed by atoms with Crippen molar-refractivity contribution in [3.8, 4) is 0 Å². The minimum absolute atomic E-state index is 0.139. The molecule has 2 aliphatic rings. The molecule has 2 fully saturated rings. The highest BCUT2D eigenvalue weighted by Crippen LogP contribution is 2.42. The molecule has 0 saturated carbocycles. The Hall–Kier alpha value is -0.0800. The molecule has 5 atom stereocenters. The maximum Gasteiger partial charge on any atom is 0.0633 e. The highest BCUT2D eigenvalue weighted by molar-refractivity contribution is 4.93. The fourth-order valence-electron chi connectivity index (χ4n) is 2.70. The first-order valence-electron chi connectivity index (χ1n) is 5.56. The standard InChI is InChI=1S/C11H20O2/c1-3-7(2)11(12)9-6-8-4-5-10(9)13-8/h7-12H,3-6H2,1-2H3. The SMILES string of the molecule is CCC(C)C(O)C1CC2CCC1O2. The van der Waals surface area contributed by atoms with Crippen molar-refractivity contribution in [3.05, 3.63) is 0 Å². The largest absolute Gasteiger partial charge is 0.392 e. The summed E-state index contributed by atoms with van der Waals surface area (Å²) < 4.78 is 5.74. The van der Waals surface area contributed by atoms with Crippen LogP contribution in [0.2, 0.25) is 0 Å². The summed E-state index contributed by atoms with van der Waals surface area (Å²) in [6, 6.07) is 0. The van der Waals surface area contributed by atoms with Crippen LogP contribution < -0.4 is 0 Å². The fraction of sp³-hybridized carbons (Fsp3) is 1.00. The first kappa shape index (κ1) is 9.47. The topological polar surface area (TPSA) is 29.5 Å². The lowest BCUT2D eigenvalue weighted by Gasteiger charge is -2.28. The van der Waals surface area contributed by atoms with Crippen LogP contribution in [0.25, 0.3) is 0 Å². The number of aliphatic hydroxyl groups excluding tert-OH is 1. The van der Waals surface area contributed by atoms with Gasteiger partial charge in [0.1, 0.15) is 0 Å². The molecule has 0 aromatic carbocycles. The summed E-state index contributed by atoms with van der Waals surface area (Å²) in [7, 11) is 0. The zero-order valence-electron chi connectivity index (χ0n) is 8.57. The maximum atomic E-state index is 10.1. The lowest BCUT2D eigenvalue weighted by atomic mass is 9.80. The second kappa shape index (κ2) is 3.58. The van der Waals surface area contributed by atoms with Gasteiger partial charge in [0.15, 0.2) is 0 Å². The third-order valence-electron chi connectivity index (χ3n) is 3.82. The van der Waals surface area contributed by atoms with Crippen LogP contribution in [0.1, 0.15) is 39.5 Å². The van der Waals surface area contributed by atoms with Crippen molar-refractivity contribution < 1.29 is 9.84 Å². The van der Waals surface area contributed by atoms with E-state index in [4.69, 9.17) is 4.74 Å². The van der Waals surface area contributed by atoms with Crippen LogP contribution in [0, 0.1) is 11.8 Å². The molecule has 0 amide bonds. The van der Waals surface area contributed by atoms with Gasteiger partial charge in [-0.05, 0) is 25.2 Å². The third kappa shape index (κ3) is 1.62. The Kier molecular flexibility index (Phi) is 2.61. The molecular weight excluding hydrogens is 164 g/mol. The first-order chi connectivity index (χ1) is 6.22. The summed E-state index contributed by atoms with van der Waals surface area (Å²) >= 11 is 0. The van der Waals surface area contributed by atoms with Gasteiger partial charge in [-0.3, -0.25) is 0 Å². The van der Waals surface area contributed by atoms with Crippen LogP contribution in [0.15, 0.2) is 0 Å². The fourth-order valence-corrected chi connectivity index (χ4v) is 2.70. The molecule has 0 aromatic heterocycles. The molecule has 1 N–H and O–H groups in total. The molecule has 76 valence electrons. The molecule has 0 spiro atoms. The summed E-state index contributed by atoms with van der Waals surface area (Å²) in [5.74, 6) is 0.849. The molecule has 0 aromatic rings. The van der Waals surface area contributed by atoms with E-state index in [1.165, 1.54) is 12.8 Å². The van der Waals surface area contributed by atoms with Gasteiger partial charge < -0.3 is 9.84 Å². The number of hydrogen-bond acceptors (Lipinski definition) is 2. The van der Waals surface area contributed by atoms with Crippen LogP contribution in [0.4, 0.5) is 0 Å². The second-order valence-corrected chi connectivity index (χ2v) is 4.65. The summed E-state index contributed by atoms with van der Waals surface area (Å²) in [4.78, 5) is 0. The molecular formula is C11H20O2. The van der Waals surface area contributed by atoms with Gasteiger partial charge in [-0.1, -0.05) is 20.3 Å². The van der Waals surface area contributed by atoms with Crippen molar-refractivity contribution >= 4 is 0 Å². The van der Waals surface area contributed by atoms with E-state index in [9.17, 15) is 5.11 Å². The summed E-state index contributed by atoms with van der Waals surface area (Å²) in [6.45, 7) is 4.28. The Balaban J connectivity index is 1.94. The van der Waals surface area contributed by atoms with E-state index in [2.05, 4.69) is 13.8 Å². The van der Waals surface area contributed by atoms with E-state index in [-0.39, 0.29) is 6.10 Å². The van der Waals surface area contributed by atoms with Crippen LogP contribution in [-0.4, -0.2) is 23.4 Å². The smallest absolute Gasteiger partial charge is 0.0633 e. The molecule has 13 heavy (non-hydrogen) atoms. The van der Waals surface area contributed by atoms with Gasteiger partial charge in [0, 0.05) is 5.92 Å². The van der Waals surface area contributed by atoms with Crippen LogP contribution >= 0.6 is 0 Å². The maximum absolute atomic E-state index is 10.1. The number of ether oxygens (including phenoxy) is 1. The Morgan fingerprint density at radius 3 is 2.69 bits per heavy atom. The van der Waals surface area contributed by atoms with Gasteiger partial charge in [-0.25, -0.2) is 0 Å². The Bertz CT molecular complexity index is 181. The number of aliphatic hydroxyl groups is 1. The minimum Gasteiger partial charge on any atom is -0.392 e. The van der Waals surface area contributed by atoms with Crippen molar-refractivity contribution in [2.45, 2.75) is 57.8 Å². The van der Waals surface area contributed by atoms with Gasteiger partial charge in [-0.2, -0.15) is 0 Å². The predicted octanol–water partition coefficient (Wildman–Crippen LogP) is 1.96. The summed E-state index contributed by atoms with van der Waals surface area (Å²) in [5, 5.41) is 10.1. The molecule has 2 saturated heterocycles. The van der Waals surface area contributed by atoms with Crippen molar-refractivity contribution in [1.29, 1.82) is 0 Å². The normalized spacial score (nSPS) is 42.2. The van der Waals surface area contributed by atoms with Crippen molar-refractivity contribution in [2.75, 3.05) is 0 Å². The molecule has 2 rings (SSSR count). The number of fused-ring (bicyclic) bond motifs is 2. The van der Waals surface area contributed by atoms with Crippen molar-refractivity contribution in [2.24, 2.45) is 11.8 Å². The average Bonchev–Trinajstić information content (AvgIpc) is 2.76. The predicted molar refractivity (Wildman–Crippen MR) is 51.5 cm³/mol.